The molecule has 2 aliphatic rings. The molecule has 1 N–H and O–H groups in total. The van der Waals surface area contributed by atoms with Crippen molar-refractivity contribution in [1.82, 2.24) is 4.90 Å². The van der Waals surface area contributed by atoms with E-state index in [1.165, 1.54) is 11.8 Å². The minimum absolute atomic E-state index is 0.183. The average Bonchev–Trinajstić information content (AvgIpc) is 2.13. The number of carbonyl (C=O) groups is 2. The van der Waals surface area contributed by atoms with Gasteiger partial charge in [0.2, 0.25) is 5.91 Å². The Hall–Kier alpha value is -1.10. The monoisotopic (exact) mass is 213 g/mol. The van der Waals surface area contributed by atoms with Crippen molar-refractivity contribution in [3.8, 4) is 0 Å². The Balaban J connectivity index is 2.26. The van der Waals surface area contributed by atoms with E-state index in [4.69, 9.17) is 4.74 Å². The van der Waals surface area contributed by atoms with E-state index >= 15 is 0 Å². The zero-order valence-corrected chi connectivity index (χ0v) is 8.73. The molecule has 1 aliphatic heterocycles. The van der Waals surface area contributed by atoms with Crippen LogP contribution in [0.3, 0.4) is 0 Å². The maximum atomic E-state index is 11.3. The van der Waals surface area contributed by atoms with Crippen LogP contribution >= 0.6 is 0 Å². The molecule has 2 rings (SSSR count). The van der Waals surface area contributed by atoms with Gasteiger partial charge in [0.25, 0.3) is 0 Å². The van der Waals surface area contributed by atoms with Crippen LogP contribution in [0.1, 0.15) is 26.2 Å². The van der Waals surface area contributed by atoms with Gasteiger partial charge in [-0.2, -0.15) is 0 Å². The molecule has 1 saturated carbocycles. The fourth-order valence-corrected chi connectivity index (χ4v) is 2.48. The lowest BCUT2D eigenvalue weighted by atomic mass is 9.73. The molecule has 1 amide bonds. The average molecular weight is 213 g/mol. The van der Waals surface area contributed by atoms with Crippen LogP contribution in [-0.4, -0.2) is 46.7 Å². The van der Waals surface area contributed by atoms with Crippen molar-refractivity contribution >= 4 is 11.9 Å². The van der Waals surface area contributed by atoms with Gasteiger partial charge >= 0.3 is 5.97 Å². The predicted molar refractivity (Wildman–Crippen MR) is 51.3 cm³/mol. The van der Waals surface area contributed by atoms with Crippen molar-refractivity contribution in [2.24, 2.45) is 0 Å². The maximum Gasteiger partial charge on any atom is 0.329 e. The lowest BCUT2D eigenvalue weighted by Crippen LogP contribution is -2.66. The summed E-state index contributed by atoms with van der Waals surface area (Å²) in [6.45, 7) is 2.24. The van der Waals surface area contributed by atoms with E-state index in [0.717, 1.165) is 19.3 Å². The summed E-state index contributed by atoms with van der Waals surface area (Å²) in [6, 6.07) is -0.794. The lowest BCUT2D eigenvalue weighted by molar-refractivity contribution is -0.203. The van der Waals surface area contributed by atoms with Crippen molar-refractivity contribution in [1.29, 1.82) is 0 Å². The molecule has 84 valence electrons. The number of morpholine rings is 1. The van der Waals surface area contributed by atoms with E-state index in [1.807, 2.05) is 0 Å². The second-order valence-electron chi connectivity index (χ2n) is 4.22. The minimum atomic E-state index is -0.954. The second kappa shape index (κ2) is 3.48. The second-order valence-corrected chi connectivity index (χ2v) is 4.22. The number of nitrogens with zero attached hydrogens (tertiary/aromatic N) is 1. The van der Waals surface area contributed by atoms with E-state index in [1.54, 1.807) is 0 Å². The van der Waals surface area contributed by atoms with Crippen molar-refractivity contribution in [2.45, 2.75) is 37.8 Å². The van der Waals surface area contributed by atoms with Crippen LogP contribution < -0.4 is 0 Å². The molecular weight excluding hydrogens is 198 g/mol. The van der Waals surface area contributed by atoms with Gasteiger partial charge < -0.3 is 14.7 Å². The zero-order chi connectivity index (χ0) is 11.1. The highest BCUT2D eigenvalue weighted by Gasteiger charge is 2.54. The molecule has 1 saturated heterocycles. The molecule has 1 heterocycles. The van der Waals surface area contributed by atoms with Gasteiger partial charge in [-0.25, -0.2) is 4.79 Å². The van der Waals surface area contributed by atoms with Crippen molar-refractivity contribution < 1.29 is 19.4 Å². The largest absolute Gasteiger partial charge is 0.480 e. The molecule has 0 aromatic heterocycles. The SMILES string of the molecule is CC(=O)N1CCOC2(CCC2)C1C(=O)O. The predicted octanol–water partition coefficient (Wildman–Crippen LogP) is 0.241. The fraction of sp³-hybridized carbons (Fsp3) is 0.800. The number of ether oxygens (including phenoxy) is 1. The first-order valence-corrected chi connectivity index (χ1v) is 5.21. The van der Waals surface area contributed by atoms with E-state index < -0.39 is 17.6 Å². The molecule has 2 fully saturated rings. The van der Waals surface area contributed by atoms with Gasteiger partial charge in [0.15, 0.2) is 6.04 Å². The van der Waals surface area contributed by atoms with Crippen LogP contribution in [0.15, 0.2) is 0 Å². The summed E-state index contributed by atoms with van der Waals surface area (Å²) < 4.78 is 5.58. The topological polar surface area (TPSA) is 66.8 Å². The summed E-state index contributed by atoms with van der Waals surface area (Å²) in [5.74, 6) is -1.14. The Morgan fingerprint density at radius 2 is 2.13 bits per heavy atom. The minimum Gasteiger partial charge on any atom is -0.480 e. The first-order chi connectivity index (χ1) is 7.07. The van der Waals surface area contributed by atoms with Crippen LogP contribution in [-0.2, 0) is 14.3 Å². The molecule has 15 heavy (non-hydrogen) atoms. The number of rotatable bonds is 1. The molecule has 0 radical (unpaired) electrons. The molecule has 0 bridgehead atoms. The van der Waals surface area contributed by atoms with Crippen LogP contribution in [0.25, 0.3) is 0 Å². The standard InChI is InChI=1S/C10H15NO4/c1-7(12)11-5-6-15-10(3-2-4-10)8(11)9(13)14/h8H,2-6H2,1H3,(H,13,14). The van der Waals surface area contributed by atoms with E-state index in [0.29, 0.717) is 13.2 Å². The first-order valence-electron chi connectivity index (χ1n) is 5.21. The third-order valence-corrected chi connectivity index (χ3v) is 3.37. The number of aliphatic carboxylic acids is 1. The summed E-state index contributed by atoms with van der Waals surface area (Å²) in [6.07, 6.45) is 2.47. The van der Waals surface area contributed by atoms with Gasteiger partial charge in [0, 0.05) is 13.5 Å². The summed E-state index contributed by atoms with van der Waals surface area (Å²) in [4.78, 5) is 24.0. The normalized spacial score (nSPS) is 28.6. The first kappa shape index (κ1) is 10.4. The smallest absolute Gasteiger partial charge is 0.329 e. The molecule has 0 aromatic rings. The van der Waals surface area contributed by atoms with Crippen LogP contribution in [0, 0.1) is 0 Å². The van der Waals surface area contributed by atoms with Gasteiger partial charge in [0.1, 0.15) is 0 Å². The molecule has 1 unspecified atom stereocenters. The summed E-state index contributed by atoms with van der Waals surface area (Å²) >= 11 is 0. The maximum absolute atomic E-state index is 11.3. The molecule has 0 aromatic carbocycles. The highest BCUT2D eigenvalue weighted by molar-refractivity contribution is 5.83. The number of hydrogen-bond donors (Lipinski definition) is 1. The van der Waals surface area contributed by atoms with E-state index in [9.17, 15) is 14.7 Å². The molecule has 1 atom stereocenters. The van der Waals surface area contributed by atoms with Crippen LogP contribution in [0.4, 0.5) is 0 Å². The zero-order valence-electron chi connectivity index (χ0n) is 8.73. The Morgan fingerprint density at radius 1 is 1.47 bits per heavy atom. The van der Waals surface area contributed by atoms with Gasteiger partial charge in [-0.15, -0.1) is 0 Å². The summed E-state index contributed by atoms with van der Waals surface area (Å²) in [5.41, 5.74) is -0.601. The summed E-state index contributed by atoms with van der Waals surface area (Å²) in [7, 11) is 0. The Kier molecular flexibility index (Phi) is 2.42. The number of carbonyl (C=O) groups excluding carboxylic acids is 1. The molecule has 1 spiro atoms. The molecule has 5 heteroatoms. The third-order valence-electron chi connectivity index (χ3n) is 3.37. The fourth-order valence-electron chi connectivity index (χ4n) is 2.48. The highest BCUT2D eigenvalue weighted by Crippen LogP contribution is 2.42. The molecular formula is C10H15NO4. The quantitative estimate of drug-likeness (QED) is 0.677. The molecule has 1 aliphatic carbocycles. The Morgan fingerprint density at radius 3 is 2.53 bits per heavy atom. The van der Waals surface area contributed by atoms with Crippen molar-refractivity contribution in [3.63, 3.8) is 0 Å². The number of carboxylic acid groups (broad SMARTS) is 1. The third kappa shape index (κ3) is 1.51. The lowest BCUT2D eigenvalue weighted by Gasteiger charge is -2.52. The van der Waals surface area contributed by atoms with E-state index in [-0.39, 0.29) is 5.91 Å². The number of hydrogen-bond acceptors (Lipinski definition) is 3. The summed E-state index contributed by atoms with van der Waals surface area (Å²) in [5, 5.41) is 9.18. The Bertz CT molecular complexity index is 298. The van der Waals surface area contributed by atoms with Gasteiger partial charge in [-0.1, -0.05) is 0 Å². The van der Waals surface area contributed by atoms with Gasteiger partial charge in [-0.3, -0.25) is 4.79 Å². The van der Waals surface area contributed by atoms with E-state index in [2.05, 4.69) is 0 Å². The van der Waals surface area contributed by atoms with Crippen LogP contribution in [0.5, 0.6) is 0 Å². The number of carboxylic acids is 1. The van der Waals surface area contributed by atoms with Crippen molar-refractivity contribution in [2.75, 3.05) is 13.2 Å². The van der Waals surface area contributed by atoms with Crippen molar-refractivity contribution in [3.05, 3.63) is 0 Å². The highest BCUT2D eigenvalue weighted by atomic mass is 16.5. The Labute approximate surface area is 88.0 Å². The van der Waals surface area contributed by atoms with Gasteiger partial charge in [0.05, 0.1) is 12.2 Å². The number of amides is 1. The van der Waals surface area contributed by atoms with Gasteiger partial charge in [-0.05, 0) is 19.3 Å². The van der Waals surface area contributed by atoms with Crippen LogP contribution in [0.2, 0.25) is 0 Å². The molecule has 5 nitrogen and oxygen atoms in total.